The van der Waals surface area contributed by atoms with Crippen molar-refractivity contribution in [1.82, 2.24) is 4.90 Å². The molecule has 16 heavy (non-hydrogen) atoms. The molecule has 0 aromatic rings. The van der Waals surface area contributed by atoms with E-state index in [-0.39, 0.29) is 6.61 Å². The minimum atomic E-state index is -0.670. The molecule has 1 aliphatic heterocycles. The van der Waals surface area contributed by atoms with Crippen molar-refractivity contribution in [2.24, 2.45) is 0 Å². The minimum Gasteiger partial charge on any atom is -0.445 e. The maximum Gasteiger partial charge on any atom is 0.411 e. The van der Waals surface area contributed by atoms with E-state index in [1.54, 1.807) is 17.1 Å². The monoisotopic (exact) mass is 223 g/mol. The number of morpholine rings is 1. The van der Waals surface area contributed by atoms with Crippen molar-refractivity contribution >= 4 is 6.09 Å². The van der Waals surface area contributed by atoms with Gasteiger partial charge in [0.25, 0.3) is 0 Å². The molecule has 1 fully saturated rings. The van der Waals surface area contributed by atoms with E-state index in [0.29, 0.717) is 19.8 Å². The standard InChI is InChI=1S/C12H17NO3/c1-4-8-16-11(14)13-7-9-15-10-12(13,5-2)6-3/h4-6H,1-3,7-10H2. The molecular weight excluding hydrogens is 206 g/mol. The van der Waals surface area contributed by atoms with E-state index < -0.39 is 11.6 Å². The van der Waals surface area contributed by atoms with E-state index in [9.17, 15) is 4.79 Å². The van der Waals surface area contributed by atoms with Gasteiger partial charge in [-0.05, 0) is 0 Å². The Hall–Kier alpha value is -1.55. The lowest BCUT2D eigenvalue weighted by Gasteiger charge is -2.41. The highest BCUT2D eigenvalue weighted by atomic mass is 16.6. The maximum absolute atomic E-state index is 11.8. The molecule has 0 N–H and O–H groups in total. The molecular formula is C12H17NO3. The Morgan fingerprint density at radius 2 is 2.12 bits per heavy atom. The number of rotatable bonds is 4. The molecule has 1 amide bonds. The highest BCUT2D eigenvalue weighted by Gasteiger charge is 2.38. The third-order valence-corrected chi connectivity index (χ3v) is 2.55. The SMILES string of the molecule is C=CCOC(=O)N1CCOCC1(C=C)C=C. The summed E-state index contributed by atoms with van der Waals surface area (Å²) in [4.78, 5) is 13.4. The van der Waals surface area contributed by atoms with Gasteiger partial charge in [0.15, 0.2) is 0 Å². The summed E-state index contributed by atoms with van der Waals surface area (Å²) in [6.45, 7) is 12.5. The summed E-state index contributed by atoms with van der Waals surface area (Å²) < 4.78 is 10.3. The van der Waals surface area contributed by atoms with Crippen LogP contribution in [0.4, 0.5) is 4.79 Å². The molecule has 0 radical (unpaired) electrons. The topological polar surface area (TPSA) is 38.8 Å². The molecule has 0 spiro atoms. The fraction of sp³-hybridized carbons (Fsp3) is 0.417. The second kappa shape index (κ2) is 5.51. The van der Waals surface area contributed by atoms with Crippen LogP contribution in [0.5, 0.6) is 0 Å². The van der Waals surface area contributed by atoms with Gasteiger partial charge in [0.05, 0.1) is 13.2 Å². The predicted molar refractivity (Wildman–Crippen MR) is 62.2 cm³/mol. The van der Waals surface area contributed by atoms with E-state index in [4.69, 9.17) is 9.47 Å². The average Bonchev–Trinajstić information content (AvgIpc) is 2.35. The predicted octanol–water partition coefficient (Wildman–Crippen LogP) is 1.75. The van der Waals surface area contributed by atoms with E-state index in [0.717, 1.165) is 0 Å². The van der Waals surface area contributed by atoms with Gasteiger partial charge in [-0.2, -0.15) is 0 Å². The molecule has 0 aromatic carbocycles. The molecule has 1 heterocycles. The van der Waals surface area contributed by atoms with Gasteiger partial charge in [-0.25, -0.2) is 4.79 Å². The fourth-order valence-electron chi connectivity index (χ4n) is 1.57. The number of hydrogen-bond donors (Lipinski definition) is 0. The third-order valence-electron chi connectivity index (χ3n) is 2.55. The summed E-state index contributed by atoms with van der Waals surface area (Å²) in [6.07, 6.45) is 4.42. The third kappa shape index (κ3) is 2.33. The van der Waals surface area contributed by atoms with Gasteiger partial charge in [0.1, 0.15) is 12.1 Å². The maximum atomic E-state index is 11.8. The normalized spacial score (nSPS) is 18.6. The molecule has 1 aliphatic rings. The number of amides is 1. The van der Waals surface area contributed by atoms with Gasteiger partial charge in [0.2, 0.25) is 0 Å². The highest BCUT2D eigenvalue weighted by Crippen LogP contribution is 2.23. The van der Waals surface area contributed by atoms with Crippen LogP contribution in [-0.2, 0) is 9.47 Å². The van der Waals surface area contributed by atoms with Crippen LogP contribution in [0.25, 0.3) is 0 Å². The minimum absolute atomic E-state index is 0.195. The van der Waals surface area contributed by atoms with Crippen molar-refractivity contribution < 1.29 is 14.3 Å². The molecule has 1 rings (SSSR count). The second-order valence-electron chi connectivity index (χ2n) is 3.47. The van der Waals surface area contributed by atoms with E-state index in [1.807, 2.05) is 0 Å². The van der Waals surface area contributed by atoms with Crippen LogP contribution >= 0.6 is 0 Å². The van der Waals surface area contributed by atoms with Crippen molar-refractivity contribution in [3.63, 3.8) is 0 Å². The lowest BCUT2D eigenvalue weighted by molar-refractivity contribution is -0.0199. The Kier molecular flexibility index (Phi) is 4.31. The largest absolute Gasteiger partial charge is 0.445 e. The number of hydrogen-bond acceptors (Lipinski definition) is 3. The van der Waals surface area contributed by atoms with Crippen LogP contribution in [0.1, 0.15) is 0 Å². The van der Waals surface area contributed by atoms with E-state index >= 15 is 0 Å². The van der Waals surface area contributed by atoms with E-state index in [1.165, 1.54) is 6.08 Å². The van der Waals surface area contributed by atoms with Gasteiger partial charge in [-0.1, -0.05) is 24.8 Å². The zero-order chi connectivity index (χ0) is 12.0. The molecule has 88 valence electrons. The first-order chi connectivity index (χ1) is 7.70. The number of nitrogens with zero attached hydrogens (tertiary/aromatic N) is 1. The lowest BCUT2D eigenvalue weighted by atomic mass is 9.98. The Bertz CT molecular complexity index is 291. The van der Waals surface area contributed by atoms with E-state index in [2.05, 4.69) is 19.7 Å². The highest BCUT2D eigenvalue weighted by molar-refractivity contribution is 5.70. The van der Waals surface area contributed by atoms with Crippen LogP contribution < -0.4 is 0 Å². The van der Waals surface area contributed by atoms with Gasteiger partial charge < -0.3 is 9.47 Å². The van der Waals surface area contributed by atoms with Crippen molar-refractivity contribution in [1.29, 1.82) is 0 Å². The summed E-state index contributed by atoms with van der Waals surface area (Å²) in [6, 6.07) is 0. The molecule has 1 saturated heterocycles. The van der Waals surface area contributed by atoms with Gasteiger partial charge >= 0.3 is 6.09 Å². The van der Waals surface area contributed by atoms with Crippen molar-refractivity contribution in [3.8, 4) is 0 Å². The van der Waals surface area contributed by atoms with Gasteiger partial charge in [-0.15, -0.1) is 13.2 Å². The van der Waals surface area contributed by atoms with Gasteiger partial charge in [0, 0.05) is 6.54 Å². The lowest BCUT2D eigenvalue weighted by Crippen LogP contribution is -2.56. The van der Waals surface area contributed by atoms with Gasteiger partial charge in [-0.3, -0.25) is 4.90 Å². The Morgan fingerprint density at radius 1 is 1.44 bits per heavy atom. The summed E-state index contributed by atoms with van der Waals surface area (Å²) in [7, 11) is 0. The van der Waals surface area contributed by atoms with Crippen LogP contribution in [0, 0.1) is 0 Å². The zero-order valence-corrected chi connectivity index (χ0v) is 9.35. The Balaban J connectivity index is 2.80. The number of carbonyl (C=O) groups excluding carboxylic acids is 1. The smallest absolute Gasteiger partial charge is 0.411 e. The van der Waals surface area contributed by atoms with Crippen LogP contribution in [0.3, 0.4) is 0 Å². The molecule has 4 heteroatoms. The fourth-order valence-corrected chi connectivity index (χ4v) is 1.57. The second-order valence-corrected chi connectivity index (χ2v) is 3.47. The summed E-state index contributed by atoms with van der Waals surface area (Å²) in [5.41, 5.74) is -0.670. The molecule has 0 aromatic heterocycles. The Labute approximate surface area is 95.8 Å². The summed E-state index contributed by atoms with van der Waals surface area (Å²) >= 11 is 0. The quantitative estimate of drug-likeness (QED) is 0.681. The molecule has 0 atom stereocenters. The van der Waals surface area contributed by atoms with Crippen LogP contribution in [-0.4, -0.2) is 42.9 Å². The van der Waals surface area contributed by atoms with Crippen LogP contribution in [0.15, 0.2) is 38.0 Å². The van der Waals surface area contributed by atoms with Crippen molar-refractivity contribution in [2.75, 3.05) is 26.4 Å². The first kappa shape index (κ1) is 12.5. The molecule has 0 bridgehead atoms. The Morgan fingerprint density at radius 3 is 2.69 bits per heavy atom. The zero-order valence-electron chi connectivity index (χ0n) is 9.35. The summed E-state index contributed by atoms with van der Waals surface area (Å²) in [5, 5.41) is 0. The number of ether oxygens (including phenoxy) is 2. The van der Waals surface area contributed by atoms with Crippen molar-refractivity contribution in [3.05, 3.63) is 38.0 Å². The van der Waals surface area contributed by atoms with Crippen LogP contribution in [0.2, 0.25) is 0 Å². The molecule has 4 nitrogen and oxygen atoms in total. The number of carbonyl (C=O) groups is 1. The summed E-state index contributed by atoms with van der Waals surface area (Å²) in [5.74, 6) is 0. The first-order valence-electron chi connectivity index (χ1n) is 5.10. The average molecular weight is 223 g/mol. The molecule has 0 aliphatic carbocycles. The van der Waals surface area contributed by atoms with Crippen molar-refractivity contribution in [2.45, 2.75) is 5.54 Å². The first-order valence-corrected chi connectivity index (χ1v) is 5.10. The molecule has 0 saturated carbocycles. The molecule has 0 unspecified atom stereocenters.